The normalized spacial score (nSPS) is 12.6. The number of carbonyl (C=O) groups is 1. The molecule has 0 bridgehead atoms. The second-order valence-electron chi connectivity index (χ2n) is 7.99. The molecule has 37 heavy (non-hydrogen) atoms. The van der Waals surface area contributed by atoms with E-state index in [2.05, 4.69) is 25.6 Å². The molecule has 1 aliphatic rings. The molecule has 5 rings (SSSR count). The Labute approximate surface area is 218 Å². The van der Waals surface area contributed by atoms with Crippen molar-refractivity contribution < 1.29 is 19.0 Å². The first-order valence-electron chi connectivity index (χ1n) is 11.6. The van der Waals surface area contributed by atoms with E-state index in [1.807, 2.05) is 36.4 Å². The van der Waals surface area contributed by atoms with Gasteiger partial charge in [0.05, 0.1) is 36.9 Å². The minimum atomic E-state index is -0.206. The van der Waals surface area contributed by atoms with Gasteiger partial charge >= 0.3 is 0 Å². The van der Waals surface area contributed by atoms with E-state index in [1.54, 1.807) is 56.6 Å². The molecule has 0 unspecified atom stereocenters. The van der Waals surface area contributed by atoms with Crippen LogP contribution in [0.3, 0.4) is 0 Å². The molecule has 9 nitrogen and oxygen atoms in total. The Bertz CT molecular complexity index is 1460. The summed E-state index contributed by atoms with van der Waals surface area (Å²) < 4.78 is 17.0. The third-order valence-corrected chi connectivity index (χ3v) is 6.65. The number of amides is 1. The smallest absolute Gasteiger partial charge is 0.255 e. The molecule has 3 heterocycles. The Hall–Kier alpha value is -4.31. The lowest BCUT2D eigenvalue weighted by atomic mass is 10.2. The highest BCUT2D eigenvalue weighted by atomic mass is 32.2. The van der Waals surface area contributed by atoms with Gasteiger partial charge in [0.25, 0.3) is 5.91 Å². The first kappa shape index (κ1) is 24.4. The first-order chi connectivity index (χ1) is 18.1. The maximum atomic E-state index is 12.8. The minimum Gasteiger partial charge on any atom is -0.493 e. The average Bonchev–Trinajstić information content (AvgIpc) is 3.46. The van der Waals surface area contributed by atoms with Gasteiger partial charge in [-0.15, -0.1) is 11.8 Å². The van der Waals surface area contributed by atoms with Crippen LogP contribution in [0.4, 0.5) is 11.5 Å². The summed E-state index contributed by atoms with van der Waals surface area (Å²) >= 11 is 1.67. The monoisotopic (exact) mass is 515 g/mol. The van der Waals surface area contributed by atoms with E-state index in [0.29, 0.717) is 40.9 Å². The zero-order chi connectivity index (χ0) is 25.6. The van der Waals surface area contributed by atoms with E-state index in [4.69, 9.17) is 14.2 Å². The summed E-state index contributed by atoms with van der Waals surface area (Å²) in [6, 6.07) is 16.3. The van der Waals surface area contributed by atoms with Gasteiger partial charge in [-0.2, -0.15) is 0 Å². The predicted octanol–water partition coefficient (Wildman–Crippen LogP) is 5.06. The van der Waals surface area contributed by atoms with Crippen LogP contribution in [0.2, 0.25) is 0 Å². The van der Waals surface area contributed by atoms with Crippen molar-refractivity contribution in [3.8, 4) is 23.0 Å². The lowest BCUT2D eigenvalue weighted by molar-refractivity contribution is 0.0960. The van der Waals surface area contributed by atoms with Crippen molar-refractivity contribution in [2.75, 3.05) is 38.4 Å². The highest BCUT2D eigenvalue weighted by molar-refractivity contribution is 8.14. The van der Waals surface area contributed by atoms with Crippen molar-refractivity contribution in [1.29, 1.82) is 0 Å². The van der Waals surface area contributed by atoms with Gasteiger partial charge < -0.3 is 24.8 Å². The molecule has 1 amide bonds. The number of nitrogens with one attached hydrogen (secondary N) is 2. The lowest BCUT2D eigenvalue weighted by Gasteiger charge is -2.13. The number of hydrogen-bond acceptors (Lipinski definition) is 9. The van der Waals surface area contributed by atoms with Crippen LogP contribution < -0.4 is 24.8 Å². The van der Waals surface area contributed by atoms with Crippen LogP contribution in [0.5, 0.6) is 23.0 Å². The summed E-state index contributed by atoms with van der Waals surface area (Å²) in [6.07, 6.45) is 3.33. The summed E-state index contributed by atoms with van der Waals surface area (Å²) in [7, 11) is 3.18. The van der Waals surface area contributed by atoms with Gasteiger partial charge in [0, 0.05) is 41.8 Å². The number of thioether (sulfide) groups is 1. The third kappa shape index (κ3) is 5.59. The van der Waals surface area contributed by atoms with Crippen LogP contribution in [0, 0.1) is 0 Å². The highest BCUT2D eigenvalue weighted by Crippen LogP contribution is 2.37. The SMILES string of the molecule is COc1cc2nccc(Oc3ccc(Nc4ncccc4C(=O)NCC4=NCCS4)cc3)c2cc1OC. The third-order valence-electron chi connectivity index (χ3n) is 5.65. The van der Waals surface area contributed by atoms with Crippen molar-refractivity contribution in [2.45, 2.75) is 0 Å². The quantitative estimate of drug-likeness (QED) is 0.319. The molecule has 2 aromatic heterocycles. The molecular weight excluding hydrogens is 490 g/mol. The van der Waals surface area contributed by atoms with E-state index in [9.17, 15) is 4.79 Å². The van der Waals surface area contributed by atoms with E-state index in [-0.39, 0.29) is 5.91 Å². The standard InChI is InChI=1S/C27H25N5O4S/c1-34-23-14-20-21(15-24(23)35-2)28-11-9-22(20)36-18-7-5-17(6-8-18)32-26-19(4-3-10-30-26)27(33)31-16-25-29-12-13-37-25/h3-11,14-15H,12-13,16H2,1-2H3,(H,30,32)(H,31,33). The van der Waals surface area contributed by atoms with Gasteiger partial charge in [-0.25, -0.2) is 4.98 Å². The van der Waals surface area contributed by atoms with E-state index in [1.165, 1.54) is 0 Å². The van der Waals surface area contributed by atoms with Crippen LogP contribution in [0.1, 0.15) is 10.4 Å². The van der Waals surface area contributed by atoms with Crippen LogP contribution in [0.25, 0.3) is 10.9 Å². The number of anilines is 2. The Kier molecular flexibility index (Phi) is 7.36. The largest absolute Gasteiger partial charge is 0.493 e. The number of fused-ring (bicyclic) bond motifs is 1. The molecule has 188 valence electrons. The van der Waals surface area contributed by atoms with Crippen LogP contribution in [-0.4, -0.2) is 54.0 Å². The number of rotatable bonds is 9. The molecule has 1 aliphatic heterocycles. The molecule has 0 radical (unpaired) electrons. The van der Waals surface area contributed by atoms with Crippen molar-refractivity contribution in [3.63, 3.8) is 0 Å². The Balaban J connectivity index is 1.30. The summed E-state index contributed by atoms with van der Waals surface area (Å²) in [5.41, 5.74) is 1.95. The fourth-order valence-corrected chi connectivity index (χ4v) is 4.61. The van der Waals surface area contributed by atoms with Gasteiger partial charge in [0.15, 0.2) is 11.5 Å². The highest BCUT2D eigenvalue weighted by Gasteiger charge is 2.15. The second-order valence-corrected chi connectivity index (χ2v) is 9.16. The molecule has 0 saturated heterocycles. The molecule has 10 heteroatoms. The maximum absolute atomic E-state index is 12.8. The molecule has 4 aromatic rings. The van der Waals surface area contributed by atoms with Crippen LogP contribution in [0.15, 0.2) is 72.0 Å². The Morgan fingerprint density at radius 3 is 2.54 bits per heavy atom. The Morgan fingerprint density at radius 1 is 0.973 bits per heavy atom. The number of ether oxygens (including phenoxy) is 3. The topological polar surface area (TPSA) is 107 Å². The second kappa shape index (κ2) is 11.2. The summed E-state index contributed by atoms with van der Waals surface area (Å²) in [4.78, 5) is 25.9. The molecule has 0 spiro atoms. The minimum absolute atomic E-state index is 0.206. The van der Waals surface area contributed by atoms with Crippen molar-refractivity contribution >= 4 is 45.1 Å². The summed E-state index contributed by atoms with van der Waals surface area (Å²) in [5, 5.41) is 7.89. The number of nitrogens with zero attached hydrogens (tertiary/aromatic N) is 3. The van der Waals surface area contributed by atoms with Crippen LogP contribution >= 0.6 is 11.8 Å². The van der Waals surface area contributed by atoms with E-state index < -0.39 is 0 Å². The predicted molar refractivity (Wildman–Crippen MR) is 146 cm³/mol. The molecule has 0 saturated carbocycles. The van der Waals surface area contributed by atoms with Gasteiger partial charge in [-0.1, -0.05) is 0 Å². The molecule has 2 N–H and O–H groups in total. The number of aliphatic imine (C=N–C) groups is 1. The maximum Gasteiger partial charge on any atom is 0.255 e. The fraction of sp³-hybridized carbons (Fsp3) is 0.185. The number of aromatic nitrogens is 2. The summed E-state index contributed by atoms with van der Waals surface area (Å²) in [5.74, 6) is 3.70. The fourth-order valence-electron chi connectivity index (χ4n) is 3.83. The Morgan fingerprint density at radius 2 is 1.78 bits per heavy atom. The van der Waals surface area contributed by atoms with E-state index >= 15 is 0 Å². The number of methoxy groups -OCH3 is 2. The van der Waals surface area contributed by atoms with Gasteiger partial charge in [0.1, 0.15) is 17.3 Å². The lowest BCUT2D eigenvalue weighted by Crippen LogP contribution is -2.28. The molecule has 0 fully saturated rings. The van der Waals surface area contributed by atoms with Crippen molar-refractivity contribution in [2.24, 2.45) is 4.99 Å². The van der Waals surface area contributed by atoms with Crippen LogP contribution in [-0.2, 0) is 0 Å². The number of benzene rings is 2. The zero-order valence-electron chi connectivity index (χ0n) is 20.4. The number of hydrogen-bond donors (Lipinski definition) is 2. The zero-order valence-corrected chi connectivity index (χ0v) is 21.2. The molecule has 2 aromatic carbocycles. The molecule has 0 aliphatic carbocycles. The van der Waals surface area contributed by atoms with Gasteiger partial charge in [-0.05, 0) is 48.5 Å². The average molecular weight is 516 g/mol. The van der Waals surface area contributed by atoms with Crippen molar-refractivity contribution in [3.05, 3.63) is 72.6 Å². The number of carbonyl (C=O) groups excluding carboxylic acids is 1. The molecular formula is C27H25N5O4S. The van der Waals surface area contributed by atoms with Gasteiger partial charge in [0.2, 0.25) is 0 Å². The number of pyridine rings is 2. The summed E-state index contributed by atoms with van der Waals surface area (Å²) in [6.45, 7) is 1.22. The van der Waals surface area contributed by atoms with Gasteiger partial charge in [-0.3, -0.25) is 14.8 Å². The molecule has 0 atom stereocenters. The van der Waals surface area contributed by atoms with Crippen molar-refractivity contribution in [1.82, 2.24) is 15.3 Å². The van der Waals surface area contributed by atoms with E-state index in [0.717, 1.165) is 33.9 Å². The first-order valence-corrected chi connectivity index (χ1v) is 12.6.